The summed E-state index contributed by atoms with van der Waals surface area (Å²) < 4.78 is 0. The largest absolute Gasteiger partial charge is 0.391 e. The van der Waals surface area contributed by atoms with Crippen molar-refractivity contribution in [1.29, 1.82) is 0 Å². The van der Waals surface area contributed by atoms with E-state index in [2.05, 4.69) is 0 Å². The van der Waals surface area contributed by atoms with Crippen LogP contribution in [0.2, 0.25) is 10.0 Å². The van der Waals surface area contributed by atoms with Gasteiger partial charge in [0.25, 0.3) is 0 Å². The maximum Gasteiger partial charge on any atom is 0.0761 e. The molecule has 1 aromatic carbocycles. The molecule has 0 amide bonds. The van der Waals surface area contributed by atoms with E-state index in [1.54, 1.807) is 18.2 Å². The quantitative estimate of drug-likeness (QED) is 0.885. The van der Waals surface area contributed by atoms with Crippen LogP contribution in [-0.4, -0.2) is 11.2 Å². The van der Waals surface area contributed by atoms with Crippen molar-refractivity contribution in [3.05, 3.63) is 33.8 Å². The predicted octanol–water partition coefficient (Wildman–Crippen LogP) is 3.54. The molecule has 0 aromatic heterocycles. The highest BCUT2D eigenvalue weighted by Gasteiger charge is 2.29. The van der Waals surface area contributed by atoms with E-state index in [1.165, 1.54) is 12.8 Å². The van der Waals surface area contributed by atoms with Gasteiger partial charge in [0, 0.05) is 10.0 Å². The van der Waals surface area contributed by atoms with Crippen LogP contribution in [-0.2, 0) is 0 Å². The molecule has 3 N–H and O–H groups in total. The predicted molar refractivity (Wildman–Crippen MR) is 71.4 cm³/mol. The number of nitrogens with two attached hydrogens (primary N) is 1. The number of aliphatic hydroxyl groups is 1. The zero-order valence-electron chi connectivity index (χ0n) is 9.57. The molecule has 0 bridgehead atoms. The zero-order valence-corrected chi connectivity index (χ0v) is 11.1. The summed E-state index contributed by atoms with van der Waals surface area (Å²) >= 11 is 11.9. The molecule has 0 radical (unpaired) electrons. The first-order valence-electron chi connectivity index (χ1n) is 5.98. The Balaban J connectivity index is 2.15. The van der Waals surface area contributed by atoms with Crippen molar-refractivity contribution in [2.45, 2.75) is 37.8 Å². The van der Waals surface area contributed by atoms with E-state index in [9.17, 15) is 5.11 Å². The van der Waals surface area contributed by atoms with E-state index in [4.69, 9.17) is 28.9 Å². The summed E-state index contributed by atoms with van der Waals surface area (Å²) in [5, 5.41) is 11.4. The van der Waals surface area contributed by atoms with Gasteiger partial charge in [-0.2, -0.15) is 0 Å². The second-order valence-corrected chi connectivity index (χ2v) is 5.57. The number of benzene rings is 1. The summed E-state index contributed by atoms with van der Waals surface area (Å²) in [6.45, 7) is 0. The Labute approximate surface area is 112 Å². The molecule has 2 rings (SSSR count). The number of halogens is 2. The van der Waals surface area contributed by atoms with Crippen molar-refractivity contribution in [1.82, 2.24) is 0 Å². The van der Waals surface area contributed by atoms with Crippen LogP contribution in [0.4, 0.5) is 0 Å². The molecule has 0 heterocycles. The molecule has 0 spiro atoms. The summed E-state index contributed by atoms with van der Waals surface area (Å²) in [7, 11) is 0. The first-order chi connectivity index (χ1) is 8.09. The highest BCUT2D eigenvalue weighted by Crippen LogP contribution is 2.35. The van der Waals surface area contributed by atoms with Crippen LogP contribution < -0.4 is 5.73 Å². The van der Waals surface area contributed by atoms with E-state index >= 15 is 0 Å². The van der Waals surface area contributed by atoms with E-state index in [0.717, 1.165) is 18.4 Å². The van der Waals surface area contributed by atoms with Crippen molar-refractivity contribution in [3.63, 3.8) is 0 Å². The smallest absolute Gasteiger partial charge is 0.0761 e. The molecule has 1 saturated carbocycles. The second kappa shape index (κ2) is 5.57. The fraction of sp³-hybridized carbons (Fsp3) is 0.538. The zero-order chi connectivity index (χ0) is 12.4. The molecule has 94 valence electrons. The molecule has 4 heteroatoms. The second-order valence-electron chi connectivity index (χ2n) is 4.73. The summed E-state index contributed by atoms with van der Waals surface area (Å²) in [5.74, 6) is 0.303. The van der Waals surface area contributed by atoms with Crippen LogP contribution in [0.25, 0.3) is 0 Å². The first kappa shape index (κ1) is 13.2. The summed E-state index contributed by atoms with van der Waals surface area (Å²) in [5.41, 5.74) is 6.87. The highest BCUT2D eigenvalue weighted by molar-refractivity contribution is 6.35. The number of hydrogen-bond acceptors (Lipinski definition) is 2. The molecule has 2 atom stereocenters. The number of hydrogen-bond donors (Lipinski definition) is 2. The Morgan fingerprint density at radius 2 is 1.88 bits per heavy atom. The van der Waals surface area contributed by atoms with E-state index < -0.39 is 12.1 Å². The van der Waals surface area contributed by atoms with Crippen LogP contribution in [0.3, 0.4) is 0 Å². The minimum absolute atomic E-state index is 0.303. The maximum absolute atomic E-state index is 10.2. The average molecular weight is 274 g/mol. The lowest BCUT2D eigenvalue weighted by molar-refractivity contribution is 0.0845. The highest BCUT2D eigenvalue weighted by atomic mass is 35.5. The Kier molecular flexibility index (Phi) is 4.31. The van der Waals surface area contributed by atoms with Gasteiger partial charge in [0.15, 0.2) is 0 Å². The van der Waals surface area contributed by atoms with Gasteiger partial charge in [0.2, 0.25) is 0 Å². The van der Waals surface area contributed by atoms with Crippen molar-refractivity contribution in [3.8, 4) is 0 Å². The fourth-order valence-electron chi connectivity index (χ4n) is 2.55. The van der Waals surface area contributed by atoms with Crippen molar-refractivity contribution in [2.24, 2.45) is 11.7 Å². The van der Waals surface area contributed by atoms with Crippen molar-refractivity contribution in [2.75, 3.05) is 0 Å². The minimum atomic E-state index is -0.517. The van der Waals surface area contributed by atoms with Gasteiger partial charge < -0.3 is 10.8 Å². The molecular weight excluding hydrogens is 257 g/mol. The van der Waals surface area contributed by atoms with Gasteiger partial charge in [-0.05, 0) is 36.5 Å². The summed E-state index contributed by atoms with van der Waals surface area (Å²) in [6, 6.07) is 4.79. The maximum atomic E-state index is 10.2. The van der Waals surface area contributed by atoms with Crippen LogP contribution in [0, 0.1) is 5.92 Å². The standard InChI is InChI=1S/C13H17Cl2NO/c14-9-5-6-10(11(15)7-9)12(16)13(17)8-3-1-2-4-8/h5-8,12-13,17H,1-4,16H2/t12-,13+/m0/s1. The third-order valence-corrected chi connectivity index (χ3v) is 4.13. The topological polar surface area (TPSA) is 46.2 Å². The molecule has 1 fully saturated rings. The SMILES string of the molecule is N[C@@H](c1ccc(Cl)cc1Cl)[C@H](O)C1CCCC1. The van der Waals surface area contributed by atoms with Crippen LogP contribution in [0.1, 0.15) is 37.3 Å². The van der Waals surface area contributed by atoms with Gasteiger partial charge in [0.1, 0.15) is 0 Å². The molecule has 1 aromatic rings. The monoisotopic (exact) mass is 273 g/mol. The molecule has 1 aliphatic rings. The molecule has 0 saturated heterocycles. The fourth-order valence-corrected chi connectivity index (χ4v) is 3.08. The van der Waals surface area contributed by atoms with Gasteiger partial charge in [0.05, 0.1) is 12.1 Å². The number of aliphatic hydroxyl groups excluding tert-OH is 1. The molecule has 0 aliphatic heterocycles. The third kappa shape index (κ3) is 2.94. The van der Waals surface area contributed by atoms with E-state index in [0.29, 0.717) is 16.0 Å². The van der Waals surface area contributed by atoms with E-state index in [1.807, 2.05) is 0 Å². The third-order valence-electron chi connectivity index (χ3n) is 3.57. The van der Waals surface area contributed by atoms with Gasteiger partial charge in [-0.25, -0.2) is 0 Å². The minimum Gasteiger partial charge on any atom is -0.391 e. The van der Waals surface area contributed by atoms with Gasteiger partial charge in [-0.15, -0.1) is 0 Å². The average Bonchev–Trinajstić information content (AvgIpc) is 2.80. The summed E-state index contributed by atoms with van der Waals surface area (Å²) in [4.78, 5) is 0. The first-order valence-corrected chi connectivity index (χ1v) is 6.74. The van der Waals surface area contributed by atoms with Gasteiger partial charge in [-0.3, -0.25) is 0 Å². The van der Waals surface area contributed by atoms with Crippen LogP contribution >= 0.6 is 23.2 Å². The Hall–Kier alpha value is -0.280. The lowest BCUT2D eigenvalue weighted by atomic mass is 9.91. The number of rotatable bonds is 3. The molecule has 0 unspecified atom stereocenters. The summed E-state index contributed by atoms with van der Waals surface area (Å²) in [6.07, 6.45) is 3.96. The normalized spacial score (nSPS) is 20.5. The van der Waals surface area contributed by atoms with Gasteiger partial charge in [-0.1, -0.05) is 42.1 Å². The lowest BCUT2D eigenvalue weighted by Crippen LogP contribution is -2.32. The van der Waals surface area contributed by atoms with Gasteiger partial charge >= 0.3 is 0 Å². The van der Waals surface area contributed by atoms with Crippen molar-refractivity contribution >= 4 is 23.2 Å². The van der Waals surface area contributed by atoms with Crippen LogP contribution in [0.5, 0.6) is 0 Å². The lowest BCUT2D eigenvalue weighted by Gasteiger charge is -2.25. The molecule has 17 heavy (non-hydrogen) atoms. The molecular formula is C13H17Cl2NO. The Morgan fingerprint density at radius 3 is 2.47 bits per heavy atom. The van der Waals surface area contributed by atoms with E-state index in [-0.39, 0.29) is 0 Å². The van der Waals surface area contributed by atoms with Crippen molar-refractivity contribution < 1.29 is 5.11 Å². The Bertz CT molecular complexity index is 391. The molecule has 1 aliphatic carbocycles. The van der Waals surface area contributed by atoms with Crippen LogP contribution in [0.15, 0.2) is 18.2 Å². The Morgan fingerprint density at radius 1 is 1.24 bits per heavy atom. The molecule has 2 nitrogen and oxygen atoms in total.